The number of aromatic nitrogens is 1. The largest absolute Gasteiger partial charge is 0.493 e. The maximum Gasteiger partial charge on any atom is 0.323 e. The second-order valence-electron chi connectivity index (χ2n) is 3.46. The molecule has 0 unspecified atom stereocenters. The van der Waals surface area contributed by atoms with Crippen molar-refractivity contribution in [3.8, 4) is 5.88 Å². The maximum atomic E-state index is 11.7. The summed E-state index contributed by atoms with van der Waals surface area (Å²) in [6.07, 6.45) is 1.37. The van der Waals surface area contributed by atoms with Gasteiger partial charge in [0.1, 0.15) is 0 Å². The molecule has 2 rings (SSSR count). The fraction of sp³-hybridized carbons (Fsp3) is 0. The third-order valence-corrected chi connectivity index (χ3v) is 2.82. The van der Waals surface area contributed by atoms with E-state index in [1.165, 1.54) is 12.3 Å². The molecule has 0 radical (unpaired) electrons. The number of anilines is 2. The quantitative estimate of drug-likeness (QED) is 0.797. The molecule has 6 heteroatoms. The molecule has 1 aromatic carbocycles. The Morgan fingerprint density at radius 2 is 1.94 bits per heavy atom. The molecule has 0 aliphatic heterocycles. The van der Waals surface area contributed by atoms with Crippen LogP contribution in [0.5, 0.6) is 5.88 Å². The topological polar surface area (TPSA) is 74.2 Å². The summed E-state index contributed by atoms with van der Waals surface area (Å²) in [5.74, 6) is -0.0910. The predicted octanol–water partition coefficient (Wildman–Crippen LogP) is 3.19. The van der Waals surface area contributed by atoms with E-state index in [4.69, 9.17) is 5.11 Å². The highest BCUT2D eigenvalue weighted by Gasteiger charge is 2.05. The monoisotopic (exact) mass is 307 g/mol. The molecule has 18 heavy (non-hydrogen) atoms. The SMILES string of the molecule is O=C(Nc1ccc(O)nc1)Nc1ccccc1Br. The summed E-state index contributed by atoms with van der Waals surface area (Å²) in [5, 5.41) is 14.3. The van der Waals surface area contributed by atoms with Crippen molar-refractivity contribution in [1.29, 1.82) is 0 Å². The zero-order valence-corrected chi connectivity index (χ0v) is 10.8. The van der Waals surface area contributed by atoms with Crippen LogP contribution in [0.1, 0.15) is 0 Å². The molecule has 92 valence electrons. The Hall–Kier alpha value is -2.08. The molecule has 1 heterocycles. The highest BCUT2D eigenvalue weighted by molar-refractivity contribution is 9.10. The zero-order valence-electron chi connectivity index (χ0n) is 9.22. The summed E-state index contributed by atoms with van der Waals surface area (Å²) in [7, 11) is 0. The Bertz CT molecular complexity index is 558. The minimum absolute atomic E-state index is 0.0910. The predicted molar refractivity (Wildman–Crippen MR) is 72.7 cm³/mol. The van der Waals surface area contributed by atoms with Crippen LogP contribution in [-0.2, 0) is 0 Å². The number of carbonyl (C=O) groups excluding carboxylic acids is 1. The molecule has 2 amide bonds. The van der Waals surface area contributed by atoms with Crippen LogP contribution < -0.4 is 10.6 Å². The van der Waals surface area contributed by atoms with Crippen LogP contribution >= 0.6 is 15.9 Å². The number of nitrogens with one attached hydrogen (secondary N) is 2. The molecule has 0 fully saturated rings. The van der Waals surface area contributed by atoms with E-state index in [0.29, 0.717) is 11.4 Å². The maximum absolute atomic E-state index is 11.7. The Kier molecular flexibility index (Phi) is 3.78. The van der Waals surface area contributed by atoms with Crippen molar-refractivity contribution < 1.29 is 9.90 Å². The van der Waals surface area contributed by atoms with Crippen LogP contribution in [0.3, 0.4) is 0 Å². The number of rotatable bonds is 2. The summed E-state index contributed by atoms with van der Waals surface area (Å²) in [5.41, 5.74) is 1.17. The molecule has 3 N–H and O–H groups in total. The van der Waals surface area contributed by atoms with Gasteiger partial charge < -0.3 is 15.7 Å². The van der Waals surface area contributed by atoms with Gasteiger partial charge in [-0.1, -0.05) is 12.1 Å². The van der Waals surface area contributed by atoms with Gasteiger partial charge in [-0.25, -0.2) is 9.78 Å². The lowest BCUT2D eigenvalue weighted by Gasteiger charge is -2.08. The first-order valence-corrected chi connectivity index (χ1v) is 5.92. The van der Waals surface area contributed by atoms with Crippen LogP contribution in [0.25, 0.3) is 0 Å². The summed E-state index contributed by atoms with van der Waals surface area (Å²) in [4.78, 5) is 15.3. The van der Waals surface area contributed by atoms with Crippen LogP contribution in [0.2, 0.25) is 0 Å². The van der Waals surface area contributed by atoms with Crippen molar-refractivity contribution in [2.24, 2.45) is 0 Å². The van der Waals surface area contributed by atoms with E-state index in [0.717, 1.165) is 4.47 Å². The Labute approximate surface area is 112 Å². The number of aromatic hydroxyl groups is 1. The summed E-state index contributed by atoms with van der Waals surface area (Å²) in [6, 6.07) is 9.86. The molecule has 0 spiro atoms. The van der Waals surface area contributed by atoms with E-state index < -0.39 is 0 Å². The van der Waals surface area contributed by atoms with Gasteiger partial charge in [0.2, 0.25) is 5.88 Å². The molecule has 0 aliphatic carbocycles. The van der Waals surface area contributed by atoms with Crippen LogP contribution in [0.15, 0.2) is 47.1 Å². The third-order valence-electron chi connectivity index (χ3n) is 2.13. The normalized spacial score (nSPS) is 9.83. The van der Waals surface area contributed by atoms with Crippen LogP contribution in [-0.4, -0.2) is 16.1 Å². The number of halogens is 1. The number of para-hydroxylation sites is 1. The van der Waals surface area contributed by atoms with Crippen molar-refractivity contribution >= 4 is 33.3 Å². The number of urea groups is 1. The smallest absolute Gasteiger partial charge is 0.323 e. The number of hydrogen-bond donors (Lipinski definition) is 3. The van der Waals surface area contributed by atoms with Gasteiger partial charge in [0.25, 0.3) is 0 Å². The molecular weight excluding hydrogens is 298 g/mol. The van der Waals surface area contributed by atoms with Gasteiger partial charge in [-0.3, -0.25) is 0 Å². The van der Waals surface area contributed by atoms with Gasteiger partial charge in [0, 0.05) is 10.5 Å². The van der Waals surface area contributed by atoms with E-state index in [-0.39, 0.29) is 11.9 Å². The molecule has 0 aliphatic rings. The van der Waals surface area contributed by atoms with Crippen molar-refractivity contribution in [2.75, 3.05) is 10.6 Å². The minimum Gasteiger partial charge on any atom is -0.493 e. The van der Waals surface area contributed by atoms with Crippen molar-refractivity contribution in [2.45, 2.75) is 0 Å². The third kappa shape index (κ3) is 3.21. The van der Waals surface area contributed by atoms with Crippen molar-refractivity contribution in [3.05, 3.63) is 47.1 Å². The molecule has 0 atom stereocenters. The minimum atomic E-state index is -0.380. The van der Waals surface area contributed by atoms with Gasteiger partial charge in [0.15, 0.2) is 0 Å². The lowest BCUT2D eigenvalue weighted by molar-refractivity contribution is 0.262. The highest BCUT2D eigenvalue weighted by Crippen LogP contribution is 2.21. The Morgan fingerprint density at radius 1 is 1.17 bits per heavy atom. The molecular formula is C12H10BrN3O2. The van der Waals surface area contributed by atoms with Crippen LogP contribution in [0, 0.1) is 0 Å². The molecule has 0 bridgehead atoms. The summed E-state index contributed by atoms with van der Waals surface area (Å²) < 4.78 is 0.795. The fourth-order valence-corrected chi connectivity index (χ4v) is 1.69. The lowest BCUT2D eigenvalue weighted by atomic mass is 10.3. The number of carbonyl (C=O) groups is 1. The first-order valence-electron chi connectivity index (χ1n) is 5.13. The van der Waals surface area contributed by atoms with Gasteiger partial charge in [0.05, 0.1) is 17.6 Å². The lowest BCUT2D eigenvalue weighted by Crippen LogP contribution is -2.19. The highest BCUT2D eigenvalue weighted by atomic mass is 79.9. The number of pyridine rings is 1. The number of amides is 2. The van der Waals surface area contributed by atoms with E-state index in [2.05, 4.69) is 31.5 Å². The summed E-state index contributed by atoms with van der Waals surface area (Å²) in [6.45, 7) is 0. The second kappa shape index (κ2) is 5.50. The van der Waals surface area contributed by atoms with Gasteiger partial charge >= 0.3 is 6.03 Å². The van der Waals surface area contributed by atoms with Crippen LogP contribution in [0.4, 0.5) is 16.2 Å². The molecule has 2 aromatic rings. The number of benzene rings is 1. The van der Waals surface area contributed by atoms with Gasteiger partial charge in [-0.2, -0.15) is 0 Å². The second-order valence-corrected chi connectivity index (χ2v) is 4.32. The first kappa shape index (κ1) is 12.4. The zero-order chi connectivity index (χ0) is 13.0. The van der Waals surface area contributed by atoms with E-state index in [1.807, 2.05) is 18.2 Å². The number of hydrogen-bond acceptors (Lipinski definition) is 3. The average molecular weight is 308 g/mol. The van der Waals surface area contributed by atoms with Crippen molar-refractivity contribution in [1.82, 2.24) is 4.98 Å². The Morgan fingerprint density at radius 3 is 2.61 bits per heavy atom. The molecule has 0 saturated heterocycles. The van der Waals surface area contributed by atoms with Gasteiger partial charge in [-0.05, 0) is 34.1 Å². The first-order chi connectivity index (χ1) is 8.65. The molecule has 0 saturated carbocycles. The molecule has 5 nitrogen and oxygen atoms in total. The van der Waals surface area contributed by atoms with E-state index >= 15 is 0 Å². The van der Waals surface area contributed by atoms with Gasteiger partial charge in [-0.15, -0.1) is 0 Å². The van der Waals surface area contributed by atoms with E-state index in [1.54, 1.807) is 12.1 Å². The average Bonchev–Trinajstić information content (AvgIpc) is 2.35. The van der Waals surface area contributed by atoms with Crippen molar-refractivity contribution in [3.63, 3.8) is 0 Å². The summed E-state index contributed by atoms with van der Waals surface area (Å²) >= 11 is 3.33. The fourth-order valence-electron chi connectivity index (χ4n) is 1.31. The van der Waals surface area contributed by atoms with E-state index in [9.17, 15) is 4.79 Å². The Balaban J connectivity index is 2.01. The number of nitrogens with zero attached hydrogens (tertiary/aromatic N) is 1. The standard InChI is InChI=1S/C12H10BrN3O2/c13-9-3-1-2-4-10(9)16-12(18)15-8-5-6-11(17)14-7-8/h1-7H,(H,14,17)(H2,15,16,18). The molecule has 1 aromatic heterocycles.